The first-order valence-electron chi connectivity index (χ1n) is 6.96. The van der Waals surface area contributed by atoms with Gasteiger partial charge in [-0.25, -0.2) is 5.43 Å². The number of hydrogen-bond acceptors (Lipinski definition) is 4. The molecule has 0 bridgehead atoms. The molecule has 6 nitrogen and oxygen atoms in total. The second-order valence-corrected chi connectivity index (χ2v) is 5.04. The molecule has 0 aliphatic carbocycles. The number of rotatable bonds is 3. The molecule has 2 amide bonds. The van der Waals surface area contributed by atoms with Crippen LogP contribution in [-0.4, -0.2) is 23.1 Å². The van der Waals surface area contributed by atoms with Crippen molar-refractivity contribution >= 4 is 23.7 Å². The summed E-state index contributed by atoms with van der Waals surface area (Å²) in [6.45, 7) is 3.89. The number of hydrazone groups is 1. The van der Waals surface area contributed by atoms with Crippen LogP contribution in [0, 0.1) is 13.8 Å². The number of aromatic hydroxyl groups is 1. The number of phenols is 1. The molecule has 0 heterocycles. The largest absolute Gasteiger partial charge is 0.508 e. The second kappa shape index (κ2) is 7.22. The molecule has 0 radical (unpaired) electrons. The Morgan fingerprint density at radius 1 is 1.00 bits per heavy atom. The molecule has 2 aromatic carbocycles. The van der Waals surface area contributed by atoms with Gasteiger partial charge < -0.3 is 10.4 Å². The number of phenolic OH excluding ortho intramolecular Hbond substituents is 1. The summed E-state index contributed by atoms with van der Waals surface area (Å²) in [6.07, 6.45) is 1.38. The quantitative estimate of drug-likeness (QED) is 0.460. The van der Waals surface area contributed by atoms with Crippen molar-refractivity contribution in [2.75, 3.05) is 5.32 Å². The smallest absolute Gasteiger partial charge is 0.329 e. The third kappa shape index (κ3) is 4.67. The minimum Gasteiger partial charge on any atom is -0.508 e. The van der Waals surface area contributed by atoms with Gasteiger partial charge in [0.15, 0.2) is 0 Å². The highest BCUT2D eigenvalue weighted by molar-refractivity contribution is 6.39. The van der Waals surface area contributed by atoms with Gasteiger partial charge in [-0.15, -0.1) is 0 Å². The normalized spacial score (nSPS) is 10.5. The Morgan fingerprint density at radius 2 is 1.70 bits per heavy atom. The molecule has 6 heteroatoms. The Hall–Kier alpha value is -3.15. The van der Waals surface area contributed by atoms with Gasteiger partial charge in [-0.05, 0) is 66.9 Å². The third-order valence-corrected chi connectivity index (χ3v) is 3.24. The second-order valence-electron chi connectivity index (χ2n) is 5.04. The molecule has 0 aliphatic rings. The number of carbonyl (C=O) groups is 2. The molecule has 2 rings (SSSR count). The first kappa shape index (κ1) is 16.2. The Bertz CT molecular complexity index is 752. The number of aryl methyl sites for hydroxylation is 2. The first-order chi connectivity index (χ1) is 11.0. The number of nitrogens with zero attached hydrogens (tertiary/aromatic N) is 1. The molecule has 0 atom stereocenters. The number of benzene rings is 2. The summed E-state index contributed by atoms with van der Waals surface area (Å²) >= 11 is 0. The molecule has 23 heavy (non-hydrogen) atoms. The van der Waals surface area contributed by atoms with Crippen molar-refractivity contribution in [3.63, 3.8) is 0 Å². The number of nitrogens with one attached hydrogen (secondary N) is 2. The van der Waals surface area contributed by atoms with Gasteiger partial charge in [0.2, 0.25) is 0 Å². The average Bonchev–Trinajstić information content (AvgIpc) is 2.52. The maximum atomic E-state index is 11.8. The van der Waals surface area contributed by atoms with Gasteiger partial charge in [-0.1, -0.05) is 6.07 Å². The zero-order chi connectivity index (χ0) is 16.8. The van der Waals surface area contributed by atoms with Gasteiger partial charge in [0.25, 0.3) is 0 Å². The minimum atomic E-state index is -0.863. The topological polar surface area (TPSA) is 90.8 Å². The maximum Gasteiger partial charge on any atom is 0.329 e. The highest BCUT2D eigenvalue weighted by Crippen LogP contribution is 2.13. The Morgan fingerprint density at radius 3 is 2.35 bits per heavy atom. The molecule has 2 aromatic rings. The van der Waals surface area contributed by atoms with Crippen LogP contribution in [0.4, 0.5) is 5.69 Å². The fourth-order valence-corrected chi connectivity index (χ4v) is 1.78. The predicted octanol–water partition coefficient (Wildman–Crippen LogP) is 2.10. The lowest BCUT2D eigenvalue weighted by Gasteiger charge is -2.06. The number of hydrogen-bond donors (Lipinski definition) is 3. The van der Waals surface area contributed by atoms with Crippen molar-refractivity contribution < 1.29 is 14.7 Å². The van der Waals surface area contributed by atoms with Gasteiger partial charge in [-0.3, -0.25) is 9.59 Å². The van der Waals surface area contributed by atoms with E-state index in [1.54, 1.807) is 24.3 Å². The van der Waals surface area contributed by atoms with E-state index in [4.69, 9.17) is 5.11 Å². The van der Waals surface area contributed by atoms with E-state index in [0.717, 1.165) is 11.1 Å². The van der Waals surface area contributed by atoms with Crippen LogP contribution in [0.2, 0.25) is 0 Å². The minimum absolute atomic E-state index is 0.138. The summed E-state index contributed by atoms with van der Waals surface area (Å²) in [4.78, 5) is 23.4. The fourth-order valence-electron chi connectivity index (χ4n) is 1.78. The lowest BCUT2D eigenvalue weighted by molar-refractivity contribution is -0.136. The van der Waals surface area contributed by atoms with Crippen LogP contribution >= 0.6 is 0 Å². The summed E-state index contributed by atoms with van der Waals surface area (Å²) in [5.74, 6) is -1.52. The number of anilines is 1. The summed E-state index contributed by atoms with van der Waals surface area (Å²) in [5.41, 5.74) is 5.50. The first-order valence-corrected chi connectivity index (χ1v) is 6.96. The Kier molecular flexibility index (Phi) is 5.09. The standard InChI is InChI=1S/C17H17N3O3/c1-11-3-6-14(9-12(11)2)19-16(22)17(23)20-18-10-13-4-7-15(21)8-5-13/h3-10,21H,1-2H3,(H,19,22)(H,20,23). The number of carbonyl (C=O) groups excluding carboxylic acids is 2. The lowest BCUT2D eigenvalue weighted by Crippen LogP contribution is -2.32. The molecule has 0 aliphatic heterocycles. The van der Waals surface area contributed by atoms with Gasteiger partial charge in [0.1, 0.15) is 5.75 Å². The van der Waals surface area contributed by atoms with E-state index in [1.807, 2.05) is 19.9 Å². The van der Waals surface area contributed by atoms with Crippen LogP contribution in [-0.2, 0) is 9.59 Å². The van der Waals surface area contributed by atoms with Crippen molar-refractivity contribution in [3.05, 3.63) is 59.2 Å². The molecule has 0 aromatic heterocycles. The molecule has 0 fully saturated rings. The van der Waals surface area contributed by atoms with Crippen molar-refractivity contribution in [2.24, 2.45) is 5.10 Å². The van der Waals surface area contributed by atoms with Crippen LogP contribution in [0.25, 0.3) is 0 Å². The van der Waals surface area contributed by atoms with E-state index in [1.165, 1.54) is 18.3 Å². The van der Waals surface area contributed by atoms with E-state index in [2.05, 4.69) is 15.8 Å². The van der Waals surface area contributed by atoms with E-state index in [0.29, 0.717) is 11.3 Å². The van der Waals surface area contributed by atoms with E-state index in [-0.39, 0.29) is 5.75 Å². The summed E-state index contributed by atoms with van der Waals surface area (Å²) in [6, 6.07) is 11.6. The molecule has 0 saturated carbocycles. The van der Waals surface area contributed by atoms with Crippen molar-refractivity contribution in [2.45, 2.75) is 13.8 Å². The SMILES string of the molecule is Cc1ccc(NC(=O)C(=O)NN=Cc2ccc(O)cc2)cc1C. The molecular formula is C17H17N3O3. The highest BCUT2D eigenvalue weighted by atomic mass is 16.3. The van der Waals surface area contributed by atoms with Crippen molar-refractivity contribution in [1.29, 1.82) is 0 Å². The molecule has 0 saturated heterocycles. The van der Waals surface area contributed by atoms with Crippen molar-refractivity contribution in [1.82, 2.24) is 5.43 Å². The maximum absolute atomic E-state index is 11.8. The fraction of sp³-hybridized carbons (Fsp3) is 0.118. The van der Waals surface area contributed by atoms with Gasteiger partial charge in [0, 0.05) is 5.69 Å². The molecule has 0 spiro atoms. The molecule has 3 N–H and O–H groups in total. The lowest BCUT2D eigenvalue weighted by atomic mass is 10.1. The Balaban J connectivity index is 1.90. The predicted molar refractivity (Wildman–Crippen MR) is 88.4 cm³/mol. The monoisotopic (exact) mass is 311 g/mol. The summed E-state index contributed by atoms with van der Waals surface area (Å²) in [5, 5.41) is 15.4. The zero-order valence-electron chi connectivity index (χ0n) is 12.8. The van der Waals surface area contributed by atoms with Crippen LogP contribution in [0.1, 0.15) is 16.7 Å². The van der Waals surface area contributed by atoms with Crippen LogP contribution in [0.15, 0.2) is 47.6 Å². The highest BCUT2D eigenvalue weighted by Gasteiger charge is 2.12. The van der Waals surface area contributed by atoms with Gasteiger partial charge in [0.05, 0.1) is 6.21 Å². The summed E-state index contributed by atoms with van der Waals surface area (Å²) < 4.78 is 0. The Labute approximate surface area is 133 Å². The van der Waals surface area contributed by atoms with E-state index < -0.39 is 11.8 Å². The van der Waals surface area contributed by atoms with Crippen LogP contribution in [0.5, 0.6) is 5.75 Å². The average molecular weight is 311 g/mol. The van der Waals surface area contributed by atoms with Gasteiger partial charge >= 0.3 is 11.8 Å². The molecule has 0 unspecified atom stereocenters. The summed E-state index contributed by atoms with van der Waals surface area (Å²) in [7, 11) is 0. The molecular weight excluding hydrogens is 294 g/mol. The van der Waals surface area contributed by atoms with Crippen molar-refractivity contribution in [3.8, 4) is 5.75 Å². The number of amides is 2. The van der Waals surface area contributed by atoms with E-state index in [9.17, 15) is 9.59 Å². The van der Waals surface area contributed by atoms with Crippen LogP contribution in [0.3, 0.4) is 0 Å². The van der Waals surface area contributed by atoms with Gasteiger partial charge in [-0.2, -0.15) is 5.10 Å². The zero-order valence-corrected chi connectivity index (χ0v) is 12.8. The third-order valence-electron chi connectivity index (χ3n) is 3.24. The van der Waals surface area contributed by atoms with Crippen LogP contribution < -0.4 is 10.7 Å². The molecule has 118 valence electrons. The van der Waals surface area contributed by atoms with E-state index >= 15 is 0 Å².